The Morgan fingerprint density at radius 3 is 2.43 bits per heavy atom. The largest absolute Gasteiger partial charge is 0.383 e. The van der Waals surface area contributed by atoms with Gasteiger partial charge in [0, 0.05) is 39.8 Å². The summed E-state index contributed by atoms with van der Waals surface area (Å²) in [5.41, 5.74) is 0. The highest BCUT2D eigenvalue weighted by atomic mass is 32.2. The fourth-order valence-corrected chi connectivity index (χ4v) is 3.75. The molecule has 124 valence electrons. The number of urea groups is 1. The summed E-state index contributed by atoms with van der Waals surface area (Å²) in [6.45, 7) is 4.62. The predicted octanol–water partition coefficient (Wildman–Crippen LogP) is 0.480. The van der Waals surface area contributed by atoms with Crippen LogP contribution < -0.4 is 5.32 Å². The molecule has 1 saturated heterocycles. The number of nitrogens with one attached hydrogen (secondary N) is 1. The molecule has 0 aromatic heterocycles. The lowest BCUT2D eigenvalue weighted by Gasteiger charge is -2.34. The lowest BCUT2D eigenvalue weighted by molar-refractivity contribution is 0.163. The minimum atomic E-state index is -3.17. The Hall–Kier alpha value is -0.860. The van der Waals surface area contributed by atoms with Crippen LogP contribution >= 0.6 is 0 Å². The first-order valence-electron chi connectivity index (χ1n) is 7.50. The monoisotopic (exact) mass is 321 g/mol. The van der Waals surface area contributed by atoms with Gasteiger partial charge >= 0.3 is 6.03 Å². The summed E-state index contributed by atoms with van der Waals surface area (Å²) in [5.74, 6) is 0.209. The molecule has 0 saturated carbocycles. The minimum Gasteiger partial charge on any atom is -0.383 e. The number of nitrogens with zero attached hydrogens (tertiary/aromatic N) is 2. The smallest absolute Gasteiger partial charge is 0.317 e. The van der Waals surface area contributed by atoms with Crippen molar-refractivity contribution in [3.05, 3.63) is 0 Å². The Balaban J connectivity index is 2.35. The molecule has 0 aromatic carbocycles. The van der Waals surface area contributed by atoms with Crippen LogP contribution in [0.1, 0.15) is 26.2 Å². The van der Waals surface area contributed by atoms with Crippen LogP contribution in [-0.4, -0.2) is 75.8 Å². The summed E-state index contributed by atoms with van der Waals surface area (Å²) in [6.07, 6.45) is 2.64. The van der Waals surface area contributed by atoms with E-state index in [1.54, 1.807) is 12.0 Å². The van der Waals surface area contributed by atoms with Gasteiger partial charge in [0.1, 0.15) is 0 Å². The van der Waals surface area contributed by atoms with E-state index in [-0.39, 0.29) is 11.8 Å². The first kappa shape index (κ1) is 18.2. The van der Waals surface area contributed by atoms with Gasteiger partial charge in [0.15, 0.2) is 0 Å². The lowest BCUT2D eigenvalue weighted by atomic mass is 10.3. The predicted molar refractivity (Wildman–Crippen MR) is 81.7 cm³/mol. The Morgan fingerprint density at radius 1 is 1.19 bits per heavy atom. The zero-order valence-corrected chi connectivity index (χ0v) is 13.8. The topological polar surface area (TPSA) is 79.0 Å². The first-order chi connectivity index (χ1) is 10.0. The third-order valence-corrected chi connectivity index (χ3v) is 5.46. The summed E-state index contributed by atoms with van der Waals surface area (Å²) < 4.78 is 30.6. The second-order valence-electron chi connectivity index (χ2n) is 5.13. The van der Waals surface area contributed by atoms with Crippen molar-refractivity contribution in [2.75, 3.05) is 52.2 Å². The molecule has 0 unspecified atom stereocenters. The number of methoxy groups -OCH3 is 1. The number of hydrogen-bond acceptors (Lipinski definition) is 4. The van der Waals surface area contributed by atoms with Gasteiger partial charge in [0.05, 0.1) is 12.4 Å². The molecule has 1 N–H and O–H groups in total. The van der Waals surface area contributed by atoms with Crippen molar-refractivity contribution in [2.45, 2.75) is 26.2 Å². The highest BCUT2D eigenvalue weighted by Gasteiger charge is 2.28. The Morgan fingerprint density at radius 2 is 1.86 bits per heavy atom. The number of hydrogen-bond donors (Lipinski definition) is 1. The molecule has 1 aliphatic heterocycles. The van der Waals surface area contributed by atoms with Crippen LogP contribution in [0, 0.1) is 0 Å². The highest BCUT2D eigenvalue weighted by molar-refractivity contribution is 7.89. The zero-order valence-electron chi connectivity index (χ0n) is 13.0. The molecule has 1 fully saturated rings. The van der Waals surface area contributed by atoms with E-state index in [1.165, 1.54) is 4.31 Å². The van der Waals surface area contributed by atoms with E-state index in [0.29, 0.717) is 45.8 Å². The summed E-state index contributed by atoms with van der Waals surface area (Å²) in [7, 11) is -1.59. The van der Waals surface area contributed by atoms with Crippen LogP contribution in [0.2, 0.25) is 0 Å². The number of sulfonamides is 1. The van der Waals surface area contributed by atoms with Crippen molar-refractivity contribution in [1.82, 2.24) is 14.5 Å². The van der Waals surface area contributed by atoms with Gasteiger partial charge < -0.3 is 15.0 Å². The van der Waals surface area contributed by atoms with E-state index in [2.05, 4.69) is 5.32 Å². The summed E-state index contributed by atoms with van der Waals surface area (Å²) in [6, 6.07) is -0.157. The molecule has 0 radical (unpaired) electrons. The molecule has 8 heteroatoms. The molecular formula is C13H27N3O4S. The van der Waals surface area contributed by atoms with E-state index in [9.17, 15) is 13.2 Å². The van der Waals surface area contributed by atoms with Crippen molar-refractivity contribution in [2.24, 2.45) is 0 Å². The molecule has 0 aromatic rings. The maximum atomic E-state index is 12.1. The Labute approximate surface area is 127 Å². The minimum absolute atomic E-state index is 0.157. The van der Waals surface area contributed by atoms with Crippen LogP contribution in [-0.2, 0) is 14.8 Å². The first-order valence-corrected chi connectivity index (χ1v) is 9.11. The quantitative estimate of drug-likeness (QED) is 0.660. The normalized spacial score (nSPS) is 17.0. The van der Waals surface area contributed by atoms with Gasteiger partial charge in [-0.3, -0.25) is 0 Å². The average molecular weight is 321 g/mol. The second-order valence-corrected chi connectivity index (χ2v) is 7.22. The fraction of sp³-hybridized carbons (Fsp3) is 0.923. The van der Waals surface area contributed by atoms with Gasteiger partial charge in [-0.15, -0.1) is 0 Å². The van der Waals surface area contributed by atoms with Crippen LogP contribution in [0.5, 0.6) is 0 Å². The maximum absolute atomic E-state index is 12.1. The highest BCUT2D eigenvalue weighted by Crippen LogP contribution is 2.10. The molecule has 7 nitrogen and oxygen atoms in total. The zero-order chi connectivity index (χ0) is 15.7. The maximum Gasteiger partial charge on any atom is 0.317 e. The van der Waals surface area contributed by atoms with Crippen LogP contribution in [0.25, 0.3) is 0 Å². The van der Waals surface area contributed by atoms with E-state index in [0.717, 1.165) is 12.8 Å². The molecule has 0 bridgehead atoms. The number of unbranched alkanes of at least 4 members (excludes halogenated alkanes) is 2. The van der Waals surface area contributed by atoms with E-state index < -0.39 is 10.0 Å². The van der Waals surface area contributed by atoms with Gasteiger partial charge in [-0.1, -0.05) is 19.8 Å². The van der Waals surface area contributed by atoms with Crippen LogP contribution in [0.3, 0.4) is 0 Å². The van der Waals surface area contributed by atoms with Crippen LogP contribution in [0.15, 0.2) is 0 Å². The van der Waals surface area contributed by atoms with Crippen molar-refractivity contribution >= 4 is 16.1 Å². The molecule has 21 heavy (non-hydrogen) atoms. The second kappa shape index (κ2) is 9.22. The van der Waals surface area contributed by atoms with Gasteiger partial charge in [-0.2, -0.15) is 4.31 Å². The summed E-state index contributed by atoms with van der Waals surface area (Å²) in [4.78, 5) is 13.5. The Bertz CT molecular complexity index is 406. The standard InChI is InChI=1S/C13H27N3O4S/c1-3-4-5-12-21(18,19)16-9-7-15(8-10-16)13(17)14-6-11-20-2/h3-12H2,1-2H3,(H,14,17). The molecule has 0 spiro atoms. The lowest BCUT2D eigenvalue weighted by Crippen LogP contribution is -2.53. The van der Waals surface area contributed by atoms with Crippen molar-refractivity contribution < 1.29 is 17.9 Å². The van der Waals surface area contributed by atoms with Gasteiger partial charge in [-0.25, -0.2) is 13.2 Å². The molecule has 1 rings (SSSR count). The molecule has 0 atom stereocenters. The SMILES string of the molecule is CCCCCS(=O)(=O)N1CCN(C(=O)NCCOC)CC1. The average Bonchev–Trinajstić information content (AvgIpc) is 2.47. The van der Waals surface area contributed by atoms with Crippen molar-refractivity contribution in [3.63, 3.8) is 0 Å². The van der Waals surface area contributed by atoms with E-state index in [1.807, 2.05) is 6.92 Å². The summed E-state index contributed by atoms with van der Waals surface area (Å²) in [5, 5.41) is 2.74. The number of carbonyl (C=O) groups is 1. The molecule has 1 heterocycles. The van der Waals surface area contributed by atoms with Gasteiger partial charge in [0.25, 0.3) is 0 Å². The third kappa shape index (κ3) is 6.19. The number of ether oxygens (including phenoxy) is 1. The van der Waals surface area contributed by atoms with E-state index in [4.69, 9.17) is 4.74 Å². The van der Waals surface area contributed by atoms with Gasteiger partial charge in [-0.05, 0) is 6.42 Å². The summed E-state index contributed by atoms with van der Waals surface area (Å²) >= 11 is 0. The fourth-order valence-electron chi connectivity index (χ4n) is 2.20. The third-order valence-electron chi connectivity index (χ3n) is 3.51. The number of amides is 2. The molecule has 2 amide bonds. The van der Waals surface area contributed by atoms with Crippen molar-refractivity contribution in [1.29, 1.82) is 0 Å². The van der Waals surface area contributed by atoms with Crippen LogP contribution in [0.4, 0.5) is 4.79 Å². The van der Waals surface area contributed by atoms with E-state index >= 15 is 0 Å². The van der Waals surface area contributed by atoms with Gasteiger partial charge in [0.2, 0.25) is 10.0 Å². The number of rotatable bonds is 8. The molecular weight excluding hydrogens is 294 g/mol. The number of carbonyl (C=O) groups excluding carboxylic acids is 1. The molecule has 1 aliphatic rings. The Kier molecular flexibility index (Phi) is 7.98. The number of piperazine rings is 1. The molecule has 0 aliphatic carbocycles. The van der Waals surface area contributed by atoms with Crippen molar-refractivity contribution in [3.8, 4) is 0 Å².